The summed E-state index contributed by atoms with van der Waals surface area (Å²) in [7, 11) is 0. The van der Waals surface area contributed by atoms with Crippen molar-refractivity contribution in [1.82, 2.24) is 5.32 Å². The molecule has 1 aliphatic rings. The molecule has 1 atom stereocenters. The average Bonchev–Trinajstić information content (AvgIpc) is 2.62. The summed E-state index contributed by atoms with van der Waals surface area (Å²) in [5.41, 5.74) is 0.409. The standard InChI is InChI=1S/C13H16F2N2O/c1-8(2)16-9-5-13(18)17(7-9)10-3-4-11(14)12(15)6-10/h3-4,6,8-9,16H,5,7H2,1-2H3. The molecule has 1 amide bonds. The van der Waals surface area contributed by atoms with Gasteiger partial charge in [0.15, 0.2) is 11.6 Å². The summed E-state index contributed by atoms with van der Waals surface area (Å²) in [6.45, 7) is 4.50. The zero-order valence-corrected chi connectivity index (χ0v) is 10.4. The van der Waals surface area contributed by atoms with Crippen molar-refractivity contribution in [2.24, 2.45) is 0 Å². The van der Waals surface area contributed by atoms with Crippen molar-refractivity contribution in [3.8, 4) is 0 Å². The number of hydrogen-bond acceptors (Lipinski definition) is 2. The molecule has 0 aromatic heterocycles. The second-order valence-corrected chi connectivity index (χ2v) is 4.83. The highest BCUT2D eigenvalue weighted by Crippen LogP contribution is 2.23. The number of nitrogens with one attached hydrogen (secondary N) is 1. The van der Waals surface area contributed by atoms with Crippen LogP contribution in [-0.4, -0.2) is 24.5 Å². The molecule has 0 saturated carbocycles. The molecule has 0 aliphatic carbocycles. The fraction of sp³-hybridized carbons (Fsp3) is 0.462. The van der Waals surface area contributed by atoms with Gasteiger partial charge in [0, 0.05) is 36.8 Å². The third-order valence-corrected chi connectivity index (χ3v) is 2.91. The molecule has 1 aromatic carbocycles. The predicted molar refractivity (Wildman–Crippen MR) is 65.4 cm³/mol. The van der Waals surface area contributed by atoms with Crippen molar-refractivity contribution in [2.75, 3.05) is 11.4 Å². The molecule has 5 heteroatoms. The summed E-state index contributed by atoms with van der Waals surface area (Å²) >= 11 is 0. The van der Waals surface area contributed by atoms with Gasteiger partial charge < -0.3 is 10.2 Å². The van der Waals surface area contributed by atoms with E-state index in [0.29, 0.717) is 18.7 Å². The number of halogens is 2. The van der Waals surface area contributed by atoms with E-state index < -0.39 is 11.6 Å². The van der Waals surface area contributed by atoms with Crippen LogP contribution in [0.4, 0.5) is 14.5 Å². The Hall–Kier alpha value is -1.49. The van der Waals surface area contributed by atoms with E-state index in [4.69, 9.17) is 0 Å². The molecule has 0 spiro atoms. The summed E-state index contributed by atoms with van der Waals surface area (Å²) in [4.78, 5) is 13.3. The van der Waals surface area contributed by atoms with Crippen LogP contribution >= 0.6 is 0 Å². The first kappa shape index (κ1) is 13.0. The van der Waals surface area contributed by atoms with Gasteiger partial charge in [0.25, 0.3) is 0 Å². The Morgan fingerprint density at radius 3 is 2.67 bits per heavy atom. The summed E-state index contributed by atoms with van der Waals surface area (Å²) in [5, 5.41) is 3.27. The molecule has 0 bridgehead atoms. The van der Waals surface area contributed by atoms with Crippen LogP contribution in [0.15, 0.2) is 18.2 Å². The van der Waals surface area contributed by atoms with Gasteiger partial charge in [-0.05, 0) is 12.1 Å². The van der Waals surface area contributed by atoms with Gasteiger partial charge in [-0.3, -0.25) is 4.79 Å². The molecule has 1 saturated heterocycles. The summed E-state index contributed by atoms with van der Waals surface area (Å²) < 4.78 is 26.0. The van der Waals surface area contributed by atoms with Crippen LogP contribution in [0.2, 0.25) is 0 Å². The Balaban J connectivity index is 2.14. The maximum Gasteiger partial charge on any atom is 0.228 e. The fourth-order valence-electron chi connectivity index (χ4n) is 2.19. The van der Waals surface area contributed by atoms with Crippen molar-refractivity contribution in [3.63, 3.8) is 0 Å². The van der Waals surface area contributed by atoms with E-state index in [-0.39, 0.29) is 18.0 Å². The van der Waals surface area contributed by atoms with Crippen LogP contribution in [0.3, 0.4) is 0 Å². The van der Waals surface area contributed by atoms with Gasteiger partial charge in [-0.1, -0.05) is 13.8 Å². The minimum absolute atomic E-state index is 0.0608. The first-order valence-electron chi connectivity index (χ1n) is 5.99. The number of hydrogen-bond donors (Lipinski definition) is 1. The van der Waals surface area contributed by atoms with Gasteiger partial charge in [0.05, 0.1) is 0 Å². The maximum absolute atomic E-state index is 13.1. The average molecular weight is 254 g/mol. The van der Waals surface area contributed by atoms with E-state index in [0.717, 1.165) is 12.1 Å². The van der Waals surface area contributed by atoms with Gasteiger partial charge in [0.2, 0.25) is 5.91 Å². The lowest BCUT2D eigenvalue weighted by molar-refractivity contribution is -0.117. The second-order valence-electron chi connectivity index (χ2n) is 4.83. The van der Waals surface area contributed by atoms with Gasteiger partial charge >= 0.3 is 0 Å². The molecule has 18 heavy (non-hydrogen) atoms. The number of benzene rings is 1. The molecule has 2 rings (SSSR count). The van der Waals surface area contributed by atoms with Crippen LogP contribution in [0.1, 0.15) is 20.3 Å². The van der Waals surface area contributed by atoms with Crippen molar-refractivity contribution >= 4 is 11.6 Å². The lowest BCUT2D eigenvalue weighted by Gasteiger charge is -2.18. The number of carbonyl (C=O) groups excluding carboxylic acids is 1. The minimum atomic E-state index is -0.930. The van der Waals surface area contributed by atoms with Crippen LogP contribution in [0.5, 0.6) is 0 Å². The highest BCUT2D eigenvalue weighted by atomic mass is 19.2. The third-order valence-electron chi connectivity index (χ3n) is 2.91. The predicted octanol–water partition coefficient (Wildman–Crippen LogP) is 2.07. The first-order chi connectivity index (χ1) is 8.47. The highest BCUT2D eigenvalue weighted by Gasteiger charge is 2.31. The van der Waals surface area contributed by atoms with Crippen molar-refractivity contribution in [1.29, 1.82) is 0 Å². The number of anilines is 1. The highest BCUT2D eigenvalue weighted by molar-refractivity contribution is 5.96. The third kappa shape index (κ3) is 2.67. The second kappa shape index (κ2) is 5.02. The van der Waals surface area contributed by atoms with E-state index >= 15 is 0 Å². The van der Waals surface area contributed by atoms with E-state index in [1.165, 1.54) is 11.0 Å². The molecule has 1 unspecified atom stereocenters. The Kier molecular flexibility index (Phi) is 3.61. The smallest absolute Gasteiger partial charge is 0.228 e. The number of nitrogens with zero attached hydrogens (tertiary/aromatic N) is 1. The van der Waals surface area contributed by atoms with E-state index in [1.807, 2.05) is 13.8 Å². The van der Waals surface area contributed by atoms with E-state index in [2.05, 4.69) is 5.32 Å². The van der Waals surface area contributed by atoms with Crippen molar-refractivity contribution in [2.45, 2.75) is 32.4 Å². The van der Waals surface area contributed by atoms with Crippen LogP contribution in [0.25, 0.3) is 0 Å². The largest absolute Gasteiger partial charge is 0.311 e. The topological polar surface area (TPSA) is 32.3 Å². The zero-order valence-electron chi connectivity index (χ0n) is 10.4. The number of amides is 1. The molecular formula is C13H16F2N2O. The van der Waals surface area contributed by atoms with Gasteiger partial charge in [-0.25, -0.2) is 8.78 Å². The zero-order chi connectivity index (χ0) is 13.3. The Morgan fingerprint density at radius 1 is 1.33 bits per heavy atom. The normalized spacial score (nSPS) is 19.9. The van der Waals surface area contributed by atoms with Crippen LogP contribution < -0.4 is 10.2 Å². The van der Waals surface area contributed by atoms with Gasteiger partial charge in [0.1, 0.15) is 0 Å². The Labute approximate surface area is 105 Å². The minimum Gasteiger partial charge on any atom is -0.311 e. The van der Waals surface area contributed by atoms with Crippen molar-refractivity contribution < 1.29 is 13.6 Å². The monoisotopic (exact) mass is 254 g/mol. The molecule has 1 heterocycles. The van der Waals surface area contributed by atoms with Crippen molar-refractivity contribution in [3.05, 3.63) is 29.8 Å². The first-order valence-corrected chi connectivity index (χ1v) is 5.99. The molecule has 98 valence electrons. The molecular weight excluding hydrogens is 238 g/mol. The quantitative estimate of drug-likeness (QED) is 0.895. The fourth-order valence-corrected chi connectivity index (χ4v) is 2.19. The number of rotatable bonds is 3. The van der Waals surface area contributed by atoms with Gasteiger partial charge in [-0.2, -0.15) is 0 Å². The lowest BCUT2D eigenvalue weighted by Crippen LogP contribution is -2.37. The lowest BCUT2D eigenvalue weighted by atomic mass is 10.2. The Morgan fingerprint density at radius 2 is 2.06 bits per heavy atom. The maximum atomic E-state index is 13.1. The van der Waals surface area contributed by atoms with E-state index in [9.17, 15) is 13.6 Å². The SMILES string of the molecule is CC(C)NC1CC(=O)N(c2ccc(F)c(F)c2)C1. The Bertz CT molecular complexity index is 462. The number of carbonyl (C=O) groups is 1. The van der Waals surface area contributed by atoms with Crippen LogP contribution in [-0.2, 0) is 4.79 Å². The molecule has 1 aromatic rings. The van der Waals surface area contributed by atoms with Crippen LogP contribution in [0, 0.1) is 11.6 Å². The van der Waals surface area contributed by atoms with E-state index in [1.54, 1.807) is 0 Å². The molecule has 1 N–H and O–H groups in total. The molecule has 0 radical (unpaired) electrons. The summed E-state index contributed by atoms with van der Waals surface area (Å²) in [6.07, 6.45) is 0.386. The molecule has 1 aliphatic heterocycles. The summed E-state index contributed by atoms with van der Waals surface area (Å²) in [5.74, 6) is -1.90. The molecule has 3 nitrogen and oxygen atoms in total. The van der Waals surface area contributed by atoms with Gasteiger partial charge in [-0.15, -0.1) is 0 Å². The summed E-state index contributed by atoms with van der Waals surface area (Å²) in [6, 6.07) is 3.87. The molecule has 1 fully saturated rings.